The lowest BCUT2D eigenvalue weighted by molar-refractivity contribution is 0.00518. The fourth-order valence-electron chi connectivity index (χ4n) is 0.872. The van der Waals surface area contributed by atoms with Crippen LogP contribution in [0.4, 0.5) is 0 Å². The average molecular weight is 238 g/mol. The van der Waals surface area contributed by atoms with Gasteiger partial charge in [-0.1, -0.05) is 0 Å². The number of rotatable bonds is 4. The van der Waals surface area contributed by atoms with Gasteiger partial charge in [0.25, 0.3) is 10.1 Å². The van der Waals surface area contributed by atoms with Crippen molar-refractivity contribution in [3.63, 3.8) is 0 Å². The van der Waals surface area contributed by atoms with Gasteiger partial charge in [-0.2, -0.15) is 8.42 Å². The van der Waals surface area contributed by atoms with Crippen LogP contribution in [0.3, 0.4) is 0 Å². The van der Waals surface area contributed by atoms with Crippen LogP contribution in [0.1, 0.15) is 41.5 Å². The monoisotopic (exact) mass is 238 g/mol. The summed E-state index contributed by atoms with van der Waals surface area (Å²) in [5, 5.41) is 0. The minimum absolute atomic E-state index is 0.110. The van der Waals surface area contributed by atoms with Crippen molar-refractivity contribution in [3.8, 4) is 0 Å². The molecule has 0 bridgehead atoms. The molecule has 0 radical (unpaired) electrons. The van der Waals surface area contributed by atoms with E-state index in [0.29, 0.717) is 0 Å². The zero-order valence-electron chi connectivity index (χ0n) is 10.5. The van der Waals surface area contributed by atoms with E-state index in [1.54, 1.807) is 20.8 Å². The highest BCUT2D eigenvalue weighted by Gasteiger charge is 2.22. The molecule has 0 aliphatic heterocycles. The topological polar surface area (TPSA) is 52.6 Å². The minimum atomic E-state index is -3.49. The molecular formula is C10H22O4S. The SMILES string of the molecule is CC(C)(C)OCCS(=O)(=O)OC(C)(C)C. The second-order valence-corrected chi connectivity index (χ2v) is 7.11. The molecule has 4 nitrogen and oxygen atoms in total. The Hall–Kier alpha value is -0.130. The lowest BCUT2D eigenvalue weighted by Crippen LogP contribution is -2.29. The van der Waals surface area contributed by atoms with Gasteiger partial charge < -0.3 is 4.74 Å². The van der Waals surface area contributed by atoms with Gasteiger partial charge in [0.2, 0.25) is 0 Å². The molecule has 0 N–H and O–H groups in total. The molecule has 0 unspecified atom stereocenters. The molecule has 0 atom stereocenters. The maximum absolute atomic E-state index is 11.4. The van der Waals surface area contributed by atoms with Crippen molar-refractivity contribution < 1.29 is 17.3 Å². The normalized spacial score (nSPS) is 14.3. The van der Waals surface area contributed by atoms with Gasteiger partial charge in [-0.3, -0.25) is 4.18 Å². The summed E-state index contributed by atoms with van der Waals surface area (Å²) < 4.78 is 33.1. The summed E-state index contributed by atoms with van der Waals surface area (Å²) in [6.07, 6.45) is 0. The van der Waals surface area contributed by atoms with Gasteiger partial charge in [-0.15, -0.1) is 0 Å². The summed E-state index contributed by atoms with van der Waals surface area (Å²) in [5.74, 6) is -0.110. The first-order chi connectivity index (χ1) is 6.41. The summed E-state index contributed by atoms with van der Waals surface area (Å²) in [4.78, 5) is 0. The zero-order chi connectivity index (χ0) is 12.3. The Morgan fingerprint density at radius 3 is 1.73 bits per heavy atom. The molecule has 0 heterocycles. The standard InChI is InChI=1S/C10H22O4S/c1-9(2,3)13-7-8-15(11,12)14-10(4,5)6/h7-8H2,1-6H3. The lowest BCUT2D eigenvalue weighted by atomic mass is 10.2. The molecule has 0 rings (SSSR count). The Morgan fingerprint density at radius 1 is 0.933 bits per heavy atom. The summed E-state index contributed by atoms with van der Waals surface area (Å²) in [6.45, 7) is 10.9. The van der Waals surface area contributed by atoms with E-state index in [1.807, 2.05) is 20.8 Å². The van der Waals surface area contributed by atoms with Crippen LogP contribution in [0.15, 0.2) is 0 Å². The largest absolute Gasteiger partial charge is 0.375 e. The van der Waals surface area contributed by atoms with E-state index >= 15 is 0 Å². The van der Waals surface area contributed by atoms with Crippen molar-refractivity contribution >= 4 is 10.1 Å². The van der Waals surface area contributed by atoms with Crippen molar-refractivity contribution in [3.05, 3.63) is 0 Å². The van der Waals surface area contributed by atoms with Gasteiger partial charge >= 0.3 is 0 Å². The van der Waals surface area contributed by atoms with E-state index in [2.05, 4.69) is 0 Å². The fraction of sp³-hybridized carbons (Fsp3) is 1.00. The Kier molecular flexibility index (Phi) is 4.76. The molecule has 5 heteroatoms. The van der Waals surface area contributed by atoms with Gasteiger partial charge in [0.05, 0.1) is 23.6 Å². The summed E-state index contributed by atoms with van der Waals surface area (Å²) >= 11 is 0. The fourth-order valence-corrected chi connectivity index (χ4v) is 2.01. The third-order valence-electron chi connectivity index (χ3n) is 1.25. The summed E-state index contributed by atoms with van der Waals surface area (Å²) in [5.41, 5.74) is -1.00. The predicted molar refractivity (Wildman–Crippen MR) is 60.3 cm³/mol. The molecule has 0 saturated carbocycles. The van der Waals surface area contributed by atoms with Crippen LogP contribution in [0.25, 0.3) is 0 Å². The van der Waals surface area contributed by atoms with Gasteiger partial charge in [0, 0.05) is 0 Å². The van der Waals surface area contributed by atoms with Crippen molar-refractivity contribution in [2.24, 2.45) is 0 Å². The molecule has 0 fully saturated rings. The second-order valence-electron chi connectivity index (χ2n) is 5.42. The highest BCUT2D eigenvalue weighted by molar-refractivity contribution is 7.86. The van der Waals surface area contributed by atoms with Gasteiger partial charge in [0.15, 0.2) is 0 Å². The average Bonchev–Trinajstić information content (AvgIpc) is 1.75. The van der Waals surface area contributed by atoms with E-state index in [9.17, 15) is 8.42 Å². The van der Waals surface area contributed by atoms with Gasteiger partial charge in [-0.05, 0) is 41.5 Å². The molecule has 0 aliphatic carbocycles. The second kappa shape index (κ2) is 4.80. The maximum atomic E-state index is 11.4. The van der Waals surface area contributed by atoms with Crippen molar-refractivity contribution in [1.82, 2.24) is 0 Å². The molecule has 15 heavy (non-hydrogen) atoms. The molecule has 0 amide bonds. The first kappa shape index (κ1) is 14.9. The number of hydrogen-bond donors (Lipinski definition) is 0. The Morgan fingerprint density at radius 2 is 1.40 bits per heavy atom. The van der Waals surface area contributed by atoms with E-state index in [1.165, 1.54) is 0 Å². The van der Waals surface area contributed by atoms with Crippen LogP contribution < -0.4 is 0 Å². The minimum Gasteiger partial charge on any atom is -0.375 e. The molecule has 0 saturated heterocycles. The quantitative estimate of drug-likeness (QED) is 0.702. The van der Waals surface area contributed by atoms with E-state index in [0.717, 1.165) is 0 Å². The third kappa shape index (κ3) is 10.2. The Bertz CT molecular complexity index is 280. The van der Waals surface area contributed by atoms with Gasteiger partial charge in [0.1, 0.15) is 0 Å². The van der Waals surface area contributed by atoms with Crippen molar-refractivity contribution in [1.29, 1.82) is 0 Å². The molecule has 0 aromatic carbocycles. The zero-order valence-corrected chi connectivity index (χ0v) is 11.3. The molecule has 0 aliphatic rings. The lowest BCUT2D eigenvalue weighted by Gasteiger charge is -2.21. The number of hydrogen-bond acceptors (Lipinski definition) is 4. The Balaban J connectivity index is 4.08. The predicted octanol–water partition coefficient (Wildman–Crippen LogP) is 1.95. The maximum Gasteiger partial charge on any atom is 0.270 e. The van der Waals surface area contributed by atoms with Crippen LogP contribution in [0.2, 0.25) is 0 Å². The van der Waals surface area contributed by atoms with E-state index in [-0.39, 0.29) is 18.0 Å². The smallest absolute Gasteiger partial charge is 0.270 e. The van der Waals surface area contributed by atoms with Gasteiger partial charge in [-0.25, -0.2) is 0 Å². The Labute approximate surface area is 93.1 Å². The van der Waals surface area contributed by atoms with Crippen LogP contribution in [0, 0.1) is 0 Å². The van der Waals surface area contributed by atoms with Crippen molar-refractivity contribution in [2.45, 2.75) is 52.7 Å². The molecule has 0 spiro atoms. The summed E-state index contributed by atoms with van der Waals surface area (Å²) in [7, 11) is -3.49. The van der Waals surface area contributed by atoms with Crippen LogP contribution in [-0.4, -0.2) is 32.0 Å². The van der Waals surface area contributed by atoms with E-state index < -0.39 is 15.7 Å². The first-order valence-electron chi connectivity index (χ1n) is 4.99. The molecule has 92 valence electrons. The van der Waals surface area contributed by atoms with Crippen LogP contribution in [0.5, 0.6) is 0 Å². The van der Waals surface area contributed by atoms with Crippen LogP contribution in [-0.2, 0) is 19.0 Å². The summed E-state index contributed by atoms with van der Waals surface area (Å²) in [6, 6.07) is 0. The van der Waals surface area contributed by atoms with E-state index in [4.69, 9.17) is 8.92 Å². The first-order valence-corrected chi connectivity index (χ1v) is 6.56. The van der Waals surface area contributed by atoms with Crippen LogP contribution >= 0.6 is 0 Å². The molecule has 0 aromatic rings. The third-order valence-corrected chi connectivity index (χ3v) is 2.67. The molecule has 0 aromatic heterocycles. The number of ether oxygens (including phenoxy) is 1. The van der Waals surface area contributed by atoms with Crippen molar-refractivity contribution in [2.75, 3.05) is 12.4 Å². The molecular weight excluding hydrogens is 216 g/mol. The highest BCUT2D eigenvalue weighted by atomic mass is 32.2. The highest BCUT2D eigenvalue weighted by Crippen LogP contribution is 2.13.